The van der Waals surface area contributed by atoms with E-state index >= 15 is 0 Å². The molecule has 4 heterocycles. The average Bonchev–Trinajstić information content (AvgIpc) is 3.13. The molecule has 0 N–H and O–H groups in total. The van der Waals surface area contributed by atoms with Crippen molar-refractivity contribution in [3.63, 3.8) is 0 Å². The van der Waals surface area contributed by atoms with Crippen molar-refractivity contribution in [1.29, 1.82) is 0 Å². The molecule has 5 rings (SSSR count). The fourth-order valence-electron chi connectivity index (χ4n) is 4.31. The highest BCUT2D eigenvalue weighted by Crippen LogP contribution is 2.33. The zero-order valence-electron chi connectivity index (χ0n) is 15.0. The van der Waals surface area contributed by atoms with Gasteiger partial charge in [-0.15, -0.1) is 10.2 Å². The summed E-state index contributed by atoms with van der Waals surface area (Å²) in [6.07, 6.45) is 3.98. The highest BCUT2D eigenvalue weighted by molar-refractivity contribution is 5.92. The second-order valence-electron chi connectivity index (χ2n) is 7.32. The third-order valence-electron chi connectivity index (χ3n) is 5.59. The van der Waals surface area contributed by atoms with E-state index in [2.05, 4.69) is 61.9 Å². The maximum atomic E-state index is 5.51. The number of hydrogen-bond donors (Lipinski definition) is 0. The van der Waals surface area contributed by atoms with Crippen molar-refractivity contribution in [3.8, 4) is 0 Å². The molecule has 2 aliphatic rings. The minimum Gasteiger partial charge on any atom is -0.381 e. The largest absolute Gasteiger partial charge is 0.381 e. The highest BCUT2D eigenvalue weighted by atomic mass is 16.5. The van der Waals surface area contributed by atoms with Crippen molar-refractivity contribution < 1.29 is 4.74 Å². The molecule has 0 radical (unpaired) electrons. The second-order valence-corrected chi connectivity index (χ2v) is 7.32. The molecule has 1 aromatic carbocycles. The maximum Gasteiger partial charge on any atom is 0.152 e. The fourth-order valence-corrected chi connectivity index (χ4v) is 4.31. The van der Waals surface area contributed by atoms with Crippen molar-refractivity contribution in [3.05, 3.63) is 48.2 Å². The first-order valence-corrected chi connectivity index (χ1v) is 9.41. The van der Waals surface area contributed by atoms with Gasteiger partial charge in [-0.2, -0.15) is 0 Å². The number of hydrogen-bond acceptors (Lipinski definition) is 5. The number of rotatable bonds is 2. The summed E-state index contributed by atoms with van der Waals surface area (Å²) in [4.78, 5) is 7.02. The van der Waals surface area contributed by atoms with E-state index in [4.69, 9.17) is 4.74 Å². The minimum absolute atomic E-state index is 0.326. The van der Waals surface area contributed by atoms with Gasteiger partial charge in [0.05, 0.1) is 12.6 Å². The predicted octanol–water partition coefficient (Wildman–Crippen LogP) is 3.30. The zero-order chi connectivity index (χ0) is 17.5. The summed E-state index contributed by atoms with van der Waals surface area (Å²) in [5.74, 6) is 3.69. The summed E-state index contributed by atoms with van der Waals surface area (Å²) in [6.45, 7) is 5.58. The molecular formula is C20H23N5O. The Balaban J connectivity index is 1.50. The number of nitrogens with zero attached hydrogens (tertiary/aromatic N) is 5. The number of fused-ring (bicyclic) bond motifs is 2. The summed E-state index contributed by atoms with van der Waals surface area (Å²) >= 11 is 0. The number of ether oxygens (including phenoxy) is 1. The molecular weight excluding hydrogens is 326 g/mol. The van der Waals surface area contributed by atoms with E-state index in [-0.39, 0.29) is 0 Å². The molecule has 1 atom stereocenters. The monoisotopic (exact) mass is 349 g/mol. The van der Waals surface area contributed by atoms with Gasteiger partial charge in [0, 0.05) is 37.3 Å². The van der Waals surface area contributed by atoms with Crippen LogP contribution in [0.4, 0.5) is 5.82 Å². The number of benzene rings is 1. The molecule has 6 nitrogen and oxygen atoms in total. The molecule has 0 unspecified atom stereocenters. The Labute approximate surface area is 152 Å². The lowest BCUT2D eigenvalue weighted by atomic mass is 9.99. The first-order chi connectivity index (χ1) is 12.8. The molecule has 1 fully saturated rings. The van der Waals surface area contributed by atoms with Gasteiger partial charge in [-0.3, -0.25) is 0 Å². The van der Waals surface area contributed by atoms with E-state index in [1.807, 2.05) is 6.20 Å². The van der Waals surface area contributed by atoms with Crippen LogP contribution in [-0.4, -0.2) is 39.5 Å². The molecule has 3 aromatic rings. The van der Waals surface area contributed by atoms with Crippen LogP contribution in [0.2, 0.25) is 0 Å². The Morgan fingerprint density at radius 1 is 1.08 bits per heavy atom. The van der Waals surface area contributed by atoms with Gasteiger partial charge in [0.1, 0.15) is 11.6 Å². The van der Waals surface area contributed by atoms with Gasteiger partial charge in [0.2, 0.25) is 0 Å². The molecule has 0 amide bonds. The number of pyridine rings is 1. The third-order valence-corrected chi connectivity index (χ3v) is 5.59. The predicted molar refractivity (Wildman–Crippen MR) is 100 cm³/mol. The Bertz CT molecular complexity index is 926. The molecule has 0 bridgehead atoms. The fraction of sp³-hybridized carbons (Fsp3) is 0.450. The lowest BCUT2D eigenvalue weighted by Gasteiger charge is -2.35. The standard InChI is InChI=1S/C20H23N5O/c1-14-12-24(20-17-5-3-2-4-15(17)6-9-21-20)13-18-22-23-19(25(14)18)16-7-10-26-11-8-16/h2-6,9,14,16H,7-8,10-13H2,1H3/t14-/m0/s1. The number of anilines is 1. The van der Waals surface area contributed by atoms with Gasteiger partial charge in [0.15, 0.2) is 5.82 Å². The first-order valence-electron chi connectivity index (χ1n) is 9.41. The third kappa shape index (κ3) is 2.56. The van der Waals surface area contributed by atoms with Crippen LogP contribution >= 0.6 is 0 Å². The Morgan fingerprint density at radius 3 is 2.81 bits per heavy atom. The summed E-state index contributed by atoms with van der Waals surface area (Å²) < 4.78 is 7.87. The van der Waals surface area contributed by atoms with E-state index in [1.54, 1.807) is 0 Å². The van der Waals surface area contributed by atoms with E-state index < -0.39 is 0 Å². The molecule has 0 saturated carbocycles. The van der Waals surface area contributed by atoms with Crippen molar-refractivity contribution >= 4 is 16.6 Å². The van der Waals surface area contributed by atoms with Crippen LogP contribution in [0.15, 0.2) is 36.5 Å². The quantitative estimate of drug-likeness (QED) is 0.710. The average molecular weight is 349 g/mol. The van der Waals surface area contributed by atoms with Gasteiger partial charge in [0.25, 0.3) is 0 Å². The van der Waals surface area contributed by atoms with E-state index in [0.29, 0.717) is 12.0 Å². The molecule has 0 aliphatic carbocycles. The molecule has 2 aliphatic heterocycles. The molecule has 26 heavy (non-hydrogen) atoms. The van der Waals surface area contributed by atoms with Gasteiger partial charge in [-0.05, 0) is 31.2 Å². The minimum atomic E-state index is 0.326. The normalized spacial score (nSPS) is 21.1. The van der Waals surface area contributed by atoms with E-state index in [9.17, 15) is 0 Å². The topological polar surface area (TPSA) is 56.1 Å². The van der Waals surface area contributed by atoms with Crippen molar-refractivity contribution in [2.24, 2.45) is 0 Å². The first kappa shape index (κ1) is 15.8. The van der Waals surface area contributed by atoms with Crippen molar-refractivity contribution in [1.82, 2.24) is 19.7 Å². The lowest BCUT2D eigenvalue weighted by Crippen LogP contribution is -2.38. The van der Waals surface area contributed by atoms with Crippen molar-refractivity contribution in [2.75, 3.05) is 24.7 Å². The van der Waals surface area contributed by atoms with Crippen LogP contribution in [0.5, 0.6) is 0 Å². The van der Waals surface area contributed by atoms with Gasteiger partial charge in [-0.1, -0.05) is 24.3 Å². The second kappa shape index (κ2) is 6.36. The summed E-state index contributed by atoms with van der Waals surface area (Å²) in [6, 6.07) is 10.8. The van der Waals surface area contributed by atoms with Crippen LogP contribution in [0.1, 0.15) is 43.4 Å². The van der Waals surface area contributed by atoms with Crippen LogP contribution in [0.3, 0.4) is 0 Å². The zero-order valence-corrected chi connectivity index (χ0v) is 15.0. The molecule has 6 heteroatoms. The SMILES string of the molecule is C[C@H]1CN(c2nccc3ccccc23)Cc2nnc(C3CCOCC3)n21. The van der Waals surface area contributed by atoms with E-state index in [0.717, 1.165) is 56.6 Å². The van der Waals surface area contributed by atoms with E-state index in [1.165, 1.54) is 10.8 Å². The number of aromatic nitrogens is 4. The lowest BCUT2D eigenvalue weighted by molar-refractivity contribution is 0.0823. The Kier molecular flexibility index (Phi) is 3.85. The summed E-state index contributed by atoms with van der Waals surface area (Å²) in [5.41, 5.74) is 0. The summed E-state index contributed by atoms with van der Waals surface area (Å²) in [5, 5.41) is 11.5. The van der Waals surface area contributed by atoms with Crippen molar-refractivity contribution in [2.45, 2.75) is 38.3 Å². The highest BCUT2D eigenvalue weighted by Gasteiger charge is 2.31. The molecule has 0 spiro atoms. The molecule has 1 saturated heterocycles. The van der Waals surface area contributed by atoms with Crippen LogP contribution in [-0.2, 0) is 11.3 Å². The molecule has 134 valence electrons. The van der Waals surface area contributed by atoms with Crippen LogP contribution in [0.25, 0.3) is 10.8 Å². The Hall–Kier alpha value is -2.47. The summed E-state index contributed by atoms with van der Waals surface area (Å²) in [7, 11) is 0. The van der Waals surface area contributed by atoms with Crippen LogP contribution < -0.4 is 4.90 Å². The molecule has 2 aromatic heterocycles. The van der Waals surface area contributed by atoms with Gasteiger partial charge >= 0.3 is 0 Å². The maximum absolute atomic E-state index is 5.51. The Morgan fingerprint density at radius 2 is 1.92 bits per heavy atom. The van der Waals surface area contributed by atoms with Gasteiger partial charge < -0.3 is 14.2 Å². The smallest absolute Gasteiger partial charge is 0.152 e. The van der Waals surface area contributed by atoms with Crippen LogP contribution in [0, 0.1) is 0 Å². The van der Waals surface area contributed by atoms with Gasteiger partial charge in [-0.25, -0.2) is 4.98 Å².